The van der Waals surface area contributed by atoms with E-state index in [1.54, 1.807) is 17.1 Å². The second-order valence-electron chi connectivity index (χ2n) is 5.88. The van der Waals surface area contributed by atoms with Crippen molar-refractivity contribution in [1.29, 1.82) is 0 Å². The van der Waals surface area contributed by atoms with Crippen LogP contribution in [-0.4, -0.2) is 43.2 Å². The molecule has 1 saturated heterocycles. The van der Waals surface area contributed by atoms with Crippen LogP contribution in [0.5, 0.6) is 0 Å². The fourth-order valence-electron chi connectivity index (χ4n) is 2.71. The van der Waals surface area contributed by atoms with Crippen LogP contribution in [0, 0.1) is 0 Å². The van der Waals surface area contributed by atoms with E-state index in [0.717, 1.165) is 32.9 Å². The molecule has 1 aliphatic rings. The van der Waals surface area contributed by atoms with Crippen molar-refractivity contribution in [3.63, 3.8) is 0 Å². The van der Waals surface area contributed by atoms with E-state index in [9.17, 15) is 13.2 Å². The number of carbonyl (C=O) groups is 1. The molecular weight excluding hydrogens is 456 g/mol. The average Bonchev–Trinajstić information content (AvgIpc) is 3.13. The molecule has 2 aromatic rings. The topological polar surface area (TPSA) is 66.5 Å². The number of sulfonamides is 1. The fourth-order valence-corrected chi connectivity index (χ4v) is 7.01. The van der Waals surface area contributed by atoms with Gasteiger partial charge in [0.2, 0.25) is 10.0 Å². The highest BCUT2D eigenvalue weighted by Gasteiger charge is 2.31. The summed E-state index contributed by atoms with van der Waals surface area (Å²) >= 11 is 6.32. The van der Waals surface area contributed by atoms with E-state index in [0.29, 0.717) is 13.1 Å². The van der Waals surface area contributed by atoms with Crippen LogP contribution in [0.15, 0.2) is 45.1 Å². The normalized spacial score (nSPS) is 17.0. The monoisotopic (exact) mass is 474 g/mol. The van der Waals surface area contributed by atoms with Crippen molar-refractivity contribution in [2.24, 2.45) is 0 Å². The zero-order valence-corrected chi connectivity index (χ0v) is 18.2. The number of nitrogens with one attached hydrogen (secondary N) is 1. The molecule has 140 valence electrons. The number of hydrogen-bond acceptors (Lipinski definition) is 5. The summed E-state index contributed by atoms with van der Waals surface area (Å²) in [6.45, 7) is 2.85. The summed E-state index contributed by atoms with van der Waals surface area (Å²) in [5.74, 6) is 1.20. The molecule has 0 radical (unpaired) electrons. The number of benzene rings is 1. The molecule has 1 unspecified atom stereocenters. The first-order valence-electron chi connectivity index (χ1n) is 8.11. The number of rotatable bonds is 5. The van der Waals surface area contributed by atoms with E-state index in [-0.39, 0.29) is 21.7 Å². The van der Waals surface area contributed by atoms with Gasteiger partial charge in [-0.3, -0.25) is 4.79 Å². The molecule has 1 aliphatic heterocycles. The number of nitrogens with zero attached hydrogens (tertiary/aromatic N) is 1. The lowest BCUT2D eigenvalue weighted by Gasteiger charge is -2.25. The molecule has 2 heterocycles. The van der Waals surface area contributed by atoms with E-state index in [1.165, 1.54) is 10.4 Å². The Morgan fingerprint density at radius 2 is 2.00 bits per heavy atom. The second-order valence-corrected chi connectivity index (χ2v) is 10.8. The van der Waals surface area contributed by atoms with Crippen molar-refractivity contribution in [1.82, 2.24) is 9.62 Å². The van der Waals surface area contributed by atoms with Gasteiger partial charge in [-0.2, -0.15) is 16.1 Å². The van der Waals surface area contributed by atoms with Crippen LogP contribution in [0.3, 0.4) is 0 Å². The van der Waals surface area contributed by atoms with Gasteiger partial charge in [0, 0.05) is 29.1 Å². The molecular formula is C17H19BrN2O3S3. The molecule has 26 heavy (non-hydrogen) atoms. The molecule has 5 nitrogen and oxygen atoms in total. The van der Waals surface area contributed by atoms with Crippen LogP contribution in [-0.2, 0) is 10.0 Å². The van der Waals surface area contributed by atoms with Gasteiger partial charge in [0.1, 0.15) is 9.77 Å². The van der Waals surface area contributed by atoms with Gasteiger partial charge in [0.05, 0.1) is 6.04 Å². The van der Waals surface area contributed by atoms with Crippen molar-refractivity contribution >= 4 is 55.0 Å². The minimum atomic E-state index is -3.64. The summed E-state index contributed by atoms with van der Waals surface area (Å²) in [5.41, 5.74) is 0.946. The first-order valence-corrected chi connectivity index (χ1v) is 12.4. The van der Waals surface area contributed by atoms with Gasteiger partial charge in [-0.25, -0.2) is 8.42 Å². The molecule has 3 rings (SSSR count). The quantitative estimate of drug-likeness (QED) is 0.716. The van der Waals surface area contributed by atoms with Crippen LogP contribution in [0.2, 0.25) is 0 Å². The third kappa shape index (κ3) is 4.33. The number of hydrogen-bond donors (Lipinski definition) is 1. The Bertz CT molecular complexity index is 892. The maximum atomic E-state index is 12.9. The van der Waals surface area contributed by atoms with Crippen LogP contribution < -0.4 is 5.32 Å². The van der Waals surface area contributed by atoms with Gasteiger partial charge < -0.3 is 5.32 Å². The van der Waals surface area contributed by atoms with Gasteiger partial charge in [-0.05, 0) is 36.1 Å². The molecule has 1 atom stereocenters. The lowest BCUT2D eigenvalue weighted by Crippen LogP contribution is -2.38. The Balaban J connectivity index is 1.80. The van der Waals surface area contributed by atoms with Gasteiger partial charge in [-0.15, -0.1) is 11.3 Å². The molecule has 0 spiro atoms. The van der Waals surface area contributed by atoms with Crippen molar-refractivity contribution in [2.75, 3.05) is 24.6 Å². The summed E-state index contributed by atoms with van der Waals surface area (Å²) in [6.07, 6.45) is 0. The average molecular weight is 475 g/mol. The van der Waals surface area contributed by atoms with Gasteiger partial charge >= 0.3 is 0 Å². The SMILES string of the molecule is CC(NC(=O)c1sccc1S(=O)(=O)N1CCSCC1)c1cccc(Br)c1. The van der Waals surface area contributed by atoms with Gasteiger partial charge in [0.15, 0.2) is 0 Å². The zero-order chi connectivity index (χ0) is 18.7. The third-order valence-corrected chi connectivity index (χ3v) is 8.54. The number of carbonyl (C=O) groups excluding carboxylic acids is 1. The lowest BCUT2D eigenvalue weighted by molar-refractivity contribution is 0.0941. The Morgan fingerprint density at radius 3 is 2.69 bits per heavy atom. The summed E-state index contributed by atoms with van der Waals surface area (Å²) in [4.78, 5) is 13.1. The molecule has 1 fully saturated rings. The third-order valence-electron chi connectivity index (χ3n) is 4.12. The predicted molar refractivity (Wildman–Crippen MR) is 110 cm³/mol. The Hall–Kier alpha value is -0.870. The Labute approximate surface area is 170 Å². The summed E-state index contributed by atoms with van der Waals surface area (Å²) in [6, 6.07) is 8.97. The molecule has 1 N–H and O–H groups in total. The number of thiophene rings is 1. The van der Waals surface area contributed by atoms with E-state index in [2.05, 4.69) is 21.2 Å². The minimum absolute atomic E-state index is 0.105. The summed E-state index contributed by atoms with van der Waals surface area (Å²) in [5, 5.41) is 4.56. The highest BCUT2D eigenvalue weighted by molar-refractivity contribution is 9.10. The maximum absolute atomic E-state index is 12.9. The lowest BCUT2D eigenvalue weighted by atomic mass is 10.1. The number of thioether (sulfide) groups is 1. The largest absolute Gasteiger partial charge is 0.345 e. The number of amides is 1. The standard InChI is InChI=1S/C17H19BrN2O3S3/c1-12(13-3-2-4-14(18)11-13)19-17(21)16-15(5-8-25-16)26(22,23)20-6-9-24-10-7-20/h2-5,8,11-12H,6-7,9-10H2,1H3,(H,19,21). The fraction of sp³-hybridized carbons (Fsp3) is 0.353. The smallest absolute Gasteiger partial charge is 0.263 e. The van der Waals surface area contributed by atoms with Crippen molar-refractivity contribution in [2.45, 2.75) is 17.9 Å². The highest BCUT2D eigenvalue weighted by atomic mass is 79.9. The minimum Gasteiger partial charge on any atom is -0.345 e. The summed E-state index contributed by atoms with van der Waals surface area (Å²) in [7, 11) is -3.64. The number of halogens is 1. The molecule has 1 aromatic heterocycles. The van der Waals surface area contributed by atoms with Crippen molar-refractivity contribution in [3.05, 3.63) is 50.6 Å². The molecule has 0 bridgehead atoms. The second kappa shape index (κ2) is 8.43. The molecule has 1 amide bonds. The van der Waals surface area contributed by atoms with Crippen molar-refractivity contribution < 1.29 is 13.2 Å². The highest BCUT2D eigenvalue weighted by Crippen LogP contribution is 2.28. The van der Waals surface area contributed by atoms with E-state index >= 15 is 0 Å². The Kier molecular flexibility index (Phi) is 6.45. The van der Waals surface area contributed by atoms with Gasteiger partial charge in [0.25, 0.3) is 5.91 Å². The van der Waals surface area contributed by atoms with Crippen LogP contribution in [0.25, 0.3) is 0 Å². The molecule has 0 saturated carbocycles. The van der Waals surface area contributed by atoms with Crippen molar-refractivity contribution in [3.8, 4) is 0 Å². The van der Waals surface area contributed by atoms with E-state index in [4.69, 9.17) is 0 Å². The first kappa shape index (κ1) is 19.9. The van der Waals surface area contributed by atoms with E-state index < -0.39 is 10.0 Å². The molecule has 0 aliphatic carbocycles. The molecule has 9 heteroatoms. The summed E-state index contributed by atoms with van der Waals surface area (Å²) < 4.78 is 28.2. The van der Waals surface area contributed by atoms with Crippen LogP contribution in [0.1, 0.15) is 28.2 Å². The van der Waals surface area contributed by atoms with E-state index in [1.807, 2.05) is 31.2 Å². The van der Waals surface area contributed by atoms with Crippen LogP contribution >= 0.6 is 39.0 Å². The van der Waals surface area contributed by atoms with Crippen LogP contribution in [0.4, 0.5) is 0 Å². The predicted octanol–water partition coefficient (Wildman–Crippen LogP) is 3.74. The van der Waals surface area contributed by atoms with Gasteiger partial charge in [-0.1, -0.05) is 28.1 Å². The maximum Gasteiger partial charge on any atom is 0.263 e. The Morgan fingerprint density at radius 1 is 1.27 bits per heavy atom. The molecule has 1 aromatic carbocycles. The first-order chi connectivity index (χ1) is 12.4. The zero-order valence-electron chi connectivity index (χ0n) is 14.1.